The van der Waals surface area contributed by atoms with Gasteiger partial charge in [0.05, 0.1) is 16.4 Å². The lowest BCUT2D eigenvalue weighted by Crippen LogP contribution is -2.10. The summed E-state index contributed by atoms with van der Waals surface area (Å²) in [5.74, 6) is 0. The summed E-state index contributed by atoms with van der Waals surface area (Å²) in [5.41, 5.74) is 2.07. The fraction of sp³-hybridized carbons (Fsp3) is 0.462. The smallest absolute Gasteiger partial charge is 0.131 e. The molecule has 2 aromatic rings. The van der Waals surface area contributed by atoms with Crippen molar-refractivity contribution >= 4 is 27.3 Å². The molecular formula is C13H17BrN2OS. The highest BCUT2D eigenvalue weighted by molar-refractivity contribution is 9.10. The van der Waals surface area contributed by atoms with E-state index in [4.69, 9.17) is 0 Å². The van der Waals surface area contributed by atoms with E-state index in [0.717, 1.165) is 34.4 Å². The average molecular weight is 329 g/mol. The number of hydrogen-bond acceptors (Lipinski definition) is 3. The first-order valence-corrected chi connectivity index (χ1v) is 7.81. The minimum absolute atomic E-state index is 0.594. The molecule has 0 saturated heterocycles. The van der Waals surface area contributed by atoms with Crippen molar-refractivity contribution in [3.05, 3.63) is 38.3 Å². The van der Waals surface area contributed by atoms with Crippen molar-refractivity contribution in [3.63, 3.8) is 0 Å². The van der Waals surface area contributed by atoms with Crippen molar-refractivity contribution in [1.29, 1.82) is 0 Å². The van der Waals surface area contributed by atoms with Crippen LogP contribution in [0.25, 0.3) is 0 Å². The maximum Gasteiger partial charge on any atom is 0.131 e. The van der Waals surface area contributed by atoms with Gasteiger partial charge in [0, 0.05) is 11.4 Å². The van der Waals surface area contributed by atoms with Crippen LogP contribution >= 0.6 is 27.3 Å². The molecule has 1 atom stereocenters. The van der Waals surface area contributed by atoms with Gasteiger partial charge in [-0.1, -0.05) is 13.8 Å². The summed E-state index contributed by atoms with van der Waals surface area (Å²) in [4.78, 5) is 1.02. The molecule has 98 valence electrons. The Morgan fingerprint density at radius 1 is 1.50 bits per heavy atom. The Balaban J connectivity index is 2.39. The number of halogens is 1. The highest BCUT2D eigenvalue weighted by atomic mass is 79.9. The van der Waals surface area contributed by atoms with Gasteiger partial charge in [-0.05, 0) is 45.8 Å². The molecule has 0 aliphatic rings. The van der Waals surface area contributed by atoms with Crippen molar-refractivity contribution in [3.8, 4) is 0 Å². The second-order valence-electron chi connectivity index (χ2n) is 4.17. The Kier molecular flexibility index (Phi) is 4.59. The highest BCUT2D eigenvalue weighted by Crippen LogP contribution is 2.33. The van der Waals surface area contributed by atoms with Crippen molar-refractivity contribution < 1.29 is 5.11 Å². The number of aromatic nitrogens is 2. The molecule has 0 aliphatic carbocycles. The number of aryl methyl sites for hydroxylation is 2. The molecular weight excluding hydrogens is 312 g/mol. The van der Waals surface area contributed by atoms with Crippen molar-refractivity contribution in [2.24, 2.45) is 0 Å². The van der Waals surface area contributed by atoms with E-state index in [0.29, 0.717) is 0 Å². The minimum atomic E-state index is -0.594. The van der Waals surface area contributed by atoms with Crippen molar-refractivity contribution in [2.75, 3.05) is 0 Å². The number of rotatable bonds is 5. The van der Waals surface area contributed by atoms with Crippen LogP contribution in [0.1, 0.15) is 42.5 Å². The topological polar surface area (TPSA) is 38.0 Å². The van der Waals surface area contributed by atoms with Crippen LogP contribution in [0.3, 0.4) is 0 Å². The van der Waals surface area contributed by atoms with E-state index in [1.54, 1.807) is 17.5 Å². The van der Waals surface area contributed by atoms with Gasteiger partial charge in [0.1, 0.15) is 6.10 Å². The van der Waals surface area contributed by atoms with Crippen molar-refractivity contribution in [2.45, 2.75) is 39.3 Å². The summed E-state index contributed by atoms with van der Waals surface area (Å²) in [5, 5.41) is 16.9. The van der Waals surface area contributed by atoms with Crippen LogP contribution < -0.4 is 0 Å². The number of nitrogens with zero attached hydrogens (tertiary/aromatic N) is 2. The van der Waals surface area contributed by atoms with Gasteiger partial charge in [-0.3, -0.25) is 4.68 Å². The molecule has 0 saturated carbocycles. The molecule has 18 heavy (non-hydrogen) atoms. The molecule has 0 fully saturated rings. The number of thiophene rings is 1. The van der Waals surface area contributed by atoms with Crippen LogP contribution in [0.2, 0.25) is 0 Å². The minimum Gasteiger partial charge on any atom is -0.381 e. The third-order valence-corrected chi connectivity index (χ3v) is 4.56. The Labute approximate surface area is 120 Å². The maximum atomic E-state index is 10.6. The monoisotopic (exact) mass is 328 g/mol. The van der Waals surface area contributed by atoms with E-state index < -0.39 is 6.10 Å². The van der Waals surface area contributed by atoms with Gasteiger partial charge in [-0.15, -0.1) is 11.3 Å². The van der Waals surface area contributed by atoms with E-state index in [-0.39, 0.29) is 0 Å². The standard InChI is InChI=1S/C13H17BrN2OS/c1-3-6-16-11(10(14)8-15-16)12(17)13-9(4-2)5-7-18-13/h5,7-8,12,17H,3-4,6H2,1-2H3. The Hall–Kier alpha value is -0.650. The van der Waals surface area contributed by atoms with Gasteiger partial charge in [-0.2, -0.15) is 5.10 Å². The number of aliphatic hydroxyl groups is 1. The zero-order valence-corrected chi connectivity index (χ0v) is 13.0. The molecule has 0 bridgehead atoms. The summed E-state index contributed by atoms with van der Waals surface area (Å²) in [6.45, 7) is 5.04. The summed E-state index contributed by atoms with van der Waals surface area (Å²) in [7, 11) is 0. The summed E-state index contributed by atoms with van der Waals surface area (Å²) >= 11 is 5.09. The lowest BCUT2D eigenvalue weighted by molar-refractivity contribution is 0.209. The molecule has 0 aromatic carbocycles. The lowest BCUT2D eigenvalue weighted by atomic mass is 10.1. The number of aliphatic hydroxyl groups excluding tert-OH is 1. The van der Waals surface area contributed by atoms with Gasteiger partial charge in [0.2, 0.25) is 0 Å². The largest absolute Gasteiger partial charge is 0.381 e. The Morgan fingerprint density at radius 3 is 2.94 bits per heavy atom. The molecule has 0 amide bonds. The average Bonchev–Trinajstić information content (AvgIpc) is 2.96. The molecule has 0 aliphatic heterocycles. The molecule has 5 heteroatoms. The fourth-order valence-corrected chi connectivity index (χ4v) is 3.53. The summed E-state index contributed by atoms with van der Waals surface area (Å²) < 4.78 is 2.76. The lowest BCUT2D eigenvalue weighted by Gasteiger charge is -2.14. The normalized spacial score (nSPS) is 12.9. The van der Waals surface area contributed by atoms with Crippen LogP contribution in [0.15, 0.2) is 22.1 Å². The zero-order valence-electron chi connectivity index (χ0n) is 10.6. The van der Waals surface area contributed by atoms with Gasteiger partial charge in [0.15, 0.2) is 0 Å². The van der Waals surface area contributed by atoms with Crippen LogP contribution in [-0.4, -0.2) is 14.9 Å². The van der Waals surface area contributed by atoms with Crippen LogP contribution in [0.5, 0.6) is 0 Å². The predicted octanol–water partition coefficient (Wildman–Crippen LogP) is 3.76. The van der Waals surface area contributed by atoms with Crippen LogP contribution in [0.4, 0.5) is 0 Å². The van der Waals surface area contributed by atoms with Gasteiger partial charge >= 0.3 is 0 Å². The van der Waals surface area contributed by atoms with Gasteiger partial charge in [-0.25, -0.2) is 0 Å². The second-order valence-corrected chi connectivity index (χ2v) is 5.97. The summed E-state index contributed by atoms with van der Waals surface area (Å²) in [6.07, 6.45) is 3.10. The van der Waals surface area contributed by atoms with E-state index in [9.17, 15) is 5.11 Å². The van der Waals surface area contributed by atoms with E-state index in [1.165, 1.54) is 5.56 Å². The van der Waals surface area contributed by atoms with Gasteiger partial charge < -0.3 is 5.11 Å². The predicted molar refractivity (Wildman–Crippen MR) is 78.0 cm³/mol. The maximum absolute atomic E-state index is 10.6. The SMILES string of the molecule is CCCn1ncc(Br)c1C(O)c1sccc1CC. The second kappa shape index (κ2) is 5.99. The molecule has 2 aromatic heterocycles. The molecule has 2 heterocycles. The molecule has 2 rings (SSSR count). The summed E-state index contributed by atoms with van der Waals surface area (Å²) in [6, 6.07) is 2.08. The molecule has 3 nitrogen and oxygen atoms in total. The van der Waals surface area contributed by atoms with E-state index in [2.05, 4.69) is 40.9 Å². The fourth-order valence-electron chi connectivity index (χ4n) is 2.04. The number of hydrogen-bond donors (Lipinski definition) is 1. The zero-order chi connectivity index (χ0) is 13.1. The third kappa shape index (κ3) is 2.53. The molecule has 1 N–H and O–H groups in total. The molecule has 0 spiro atoms. The highest BCUT2D eigenvalue weighted by Gasteiger charge is 2.22. The quantitative estimate of drug-likeness (QED) is 0.907. The molecule has 1 unspecified atom stereocenters. The van der Waals surface area contributed by atoms with Gasteiger partial charge in [0.25, 0.3) is 0 Å². The Morgan fingerprint density at radius 2 is 2.28 bits per heavy atom. The first-order valence-electron chi connectivity index (χ1n) is 6.14. The van der Waals surface area contributed by atoms with Crippen molar-refractivity contribution in [1.82, 2.24) is 9.78 Å². The Bertz CT molecular complexity index is 521. The van der Waals surface area contributed by atoms with Crippen LogP contribution in [-0.2, 0) is 13.0 Å². The first kappa shape index (κ1) is 13.8. The first-order chi connectivity index (χ1) is 8.69. The van der Waals surface area contributed by atoms with Crippen LogP contribution in [0, 0.1) is 0 Å². The molecule has 0 radical (unpaired) electrons. The van der Waals surface area contributed by atoms with E-state index >= 15 is 0 Å². The van der Waals surface area contributed by atoms with E-state index in [1.807, 2.05) is 10.1 Å². The third-order valence-electron chi connectivity index (χ3n) is 2.94.